The van der Waals surface area contributed by atoms with Crippen LogP contribution in [0.3, 0.4) is 0 Å². The van der Waals surface area contributed by atoms with Crippen LogP contribution in [0.25, 0.3) is 0 Å². The number of hydrogen-bond acceptors (Lipinski definition) is 2. The van der Waals surface area contributed by atoms with Crippen LogP contribution >= 0.6 is 0 Å². The minimum absolute atomic E-state index is 0.0677. The molecule has 0 heterocycles. The molecule has 4 aliphatic carbocycles. The zero-order valence-electron chi connectivity index (χ0n) is 13.6. The molecule has 4 fully saturated rings. The smallest absolute Gasteiger partial charge is 0.133 e. The Hall–Kier alpha value is -0.370. The van der Waals surface area contributed by atoms with Gasteiger partial charge in [0.05, 0.1) is 6.10 Å². The van der Waals surface area contributed by atoms with Crippen LogP contribution in [0, 0.1) is 34.5 Å². The predicted molar refractivity (Wildman–Crippen MR) is 82.7 cm³/mol. The molecule has 2 nitrogen and oxygen atoms in total. The number of aliphatic hydroxyl groups excluding tert-OH is 1. The highest BCUT2D eigenvalue weighted by Crippen LogP contribution is 2.65. The molecule has 1 N–H and O–H groups in total. The van der Waals surface area contributed by atoms with Crippen molar-refractivity contribution < 1.29 is 9.90 Å². The normalized spacial score (nSPS) is 56.5. The summed E-state index contributed by atoms with van der Waals surface area (Å²) < 4.78 is 0. The van der Waals surface area contributed by atoms with Crippen LogP contribution in [-0.2, 0) is 4.79 Å². The van der Waals surface area contributed by atoms with Crippen LogP contribution in [0.2, 0.25) is 0 Å². The molecular formula is C19H30O2. The molecule has 0 bridgehead atoms. The van der Waals surface area contributed by atoms with Gasteiger partial charge in [0.1, 0.15) is 5.78 Å². The third-order valence-corrected chi connectivity index (χ3v) is 8.43. The third-order valence-electron chi connectivity index (χ3n) is 8.43. The molecule has 0 aliphatic heterocycles. The molecule has 21 heavy (non-hydrogen) atoms. The van der Waals surface area contributed by atoms with Crippen molar-refractivity contribution in [3.8, 4) is 0 Å². The van der Waals surface area contributed by atoms with E-state index in [0.717, 1.165) is 43.4 Å². The average Bonchev–Trinajstić information content (AvgIpc) is 2.76. The molecule has 0 saturated heterocycles. The van der Waals surface area contributed by atoms with Crippen molar-refractivity contribution in [3.63, 3.8) is 0 Å². The van der Waals surface area contributed by atoms with Crippen molar-refractivity contribution in [1.82, 2.24) is 0 Å². The first-order chi connectivity index (χ1) is 9.95. The molecule has 0 aromatic rings. The van der Waals surface area contributed by atoms with Gasteiger partial charge in [-0.05, 0) is 79.4 Å². The van der Waals surface area contributed by atoms with Crippen molar-refractivity contribution in [2.45, 2.75) is 77.7 Å². The van der Waals surface area contributed by atoms with Crippen LogP contribution < -0.4 is 0 Å². The summed E-state index contributed by atoms with van der Waals surface area (Å²) in [6.07, 6.45) is 10.0. The Kier molecular flexibility index (Phi) is 3.10. The first-order valence-corrected chi connectivity index (χ1v) is 9.15. The molecule has 2 heteroatoms. The molecule has 118 valence electrons. The lowest BCUT2D eigenvalue weighted by Crippen LogP contribution is -2.54. The lowest BCUT2D eigenvalue weighted by atomic mass is 9.45. The summed E-state index contributed by atoms with van der Waals surface area (Å²) in [5, 5.41) is 10.5. The number of Topliss-reactive ketones (excluding diaryl/α,β-unsaturated/α-hetero) is 1. The Labute approximate surface area is 128 Å². The molecule has 0 unspecified atom stereocenters. The number of hydrogen-bond donors (Lipinski definition) is 1. The van der Waals surface area contributed by atoms with Gasteiger partial charge in [0, 0.05) is 12.8 Å². The van der Waals surface area contributed by atoms with E-state index in [0.29, 0.717) is 17.1 Å². The van der Waals surface area contributed by atoms with E-state index in [1.807, 2.05) is 0 Å². The van der Waals surface area contributed by atoms with E-state index < -0.39 is 0 Å². The fraction of sp³-hybridized carbons (Fsp3) is 0.947. The minimum Gasteiger partial charge on any atom is -0.393 e. The topological polar surface area (TPSA) is 37.3 Å². The molecule has 0 radical (unpaired) electrons. The number of ketones is 1. The largest absolute Gasteiger partial charge is 0.393 e. The highest BCUT2D eigenvalue weighted by Gasteiger charge is 2.59. The zero-order chi connectivity index (χ0) is 14.8. The van der Waals surface area contributed by atoms with E-state index in [4.69, 9.17) is 0 Å². The molecular weight excluding hydrogens is 260 g/mol. The van der Waals surface area contributed by atoms with Crippen molar-refractivity contribution in [2.24, 2.45) is 34.5 Å². The van der Waals surface area contributed by atoms with Crippen LogP contribution in [0.1, 0.15) is 71.6 Å². The average molecular weight is 290 g/mol. The second-order valence-electron chi connectivity index (χ2n) is 9.04. The fourth-order valence-electron chi connectivity index (χ4n) is 7.02. The molecule has 4 saturated carbocycles. The second kappa shape index (κ2) is 4.57. The van der Waals surface area contributed by atoms with Crippen molar-refractivity contribution in [3.05, 3.63) is 0 Å². The zero-order valence-corrected chi connectivity index (χ0v) is 13.6. The molecule has 7 atom stereocenters. The van der Waals surface area contributed by atoms with Crippen LogP contribution in [0.15, 0.2) is 0 Å². The van der Waals surface area contributed by atoms with Gasteiger partial charge in [-0.15, -0.1) is 0 Å². The number of carbonyl (C=O) groups is 1. The predicted octanol–water partition coefficient (Wildman–Crippen LogP) is 3.96. The molecule has 4 aliphatic rings. The maximum absolute atomic E-state index is 11.9. The van der Waals surface area contributed by atoms with Gasteiger partial charge in [-0.25, -0.2) is 0 Å². The van der Waals surface area contributed by atoms with Gasteiger partial charge in [-0.2, -0.15) is 0 Å². The highest BCUT2D eigenvalue weighted by molar-refractivity contribution is 5.79. The summed E-state index contributed by atoms with van der Waals surface area (Å²) in [6.45, 7) is 4.85. The number of rotatable bonds is 0. The van der Waals surface area contributed by atoms with E-state index in [1.54, 1.807) is 0 Å². The van der Waals surface area contributed by atoms with Gasteiger partial charge >= 0.3 is 0 Å². The van der Waals surface area contributed by atoms with E-state index in [2.05, 4.69) is 13.8 Å². The Morgan fingerprint density at radius 2 is 1.71 bits per heavy atom. The van der Waals surface area contributed by atoms with Gasteiger partial charge in [0.25, 0.3) is 0 Å². The number of aliphatic hydroxyl groups is 1. The maximum atomic E-state index is 11.9. The third kappa shape index (κ3) is 1.84. The van der Waals surface area contributed by atoms with Gasteiger partial charge in [-0.3, -0.25) is 4.79 Å². The fourth-order valence-corrected chi connectivity index (χ4v) is 7.02. The lowest BCUT2D eigenvalue weighted by molar-refractivity contribution is -0.141. The Morgan fingerprint density at radius 3 is 2.52 bits per heavy atom. The number of fused-ring (bicyclic) bond motifs is 5. The van der Waals surface area contributed by atoms with Crippen molar-refractivity contribution in [2.75, 3.05) is 0 Å². The van der Waals surface area contributed by atoms with E-state index in [9.17, 15) is 9.90 Å². The maximum Gasteiger partial charge on any atom is 0.133 e. The minimum atomic E-state index is -0.0677. The molecule has 0 amide bonds. The second-order valence-corrected chi connectivity index (χ2v) is 9.04. The monoisotopic (exact) mass is 290 g/mol. The molecule has 4 rings (SSSR count). The Bertz CT molecular complexity index is 458. The molecule has 0 spiro atoms. The summed E-state index contributed by atoms with van der Waals surface area (Å²) in [5.74, 6) is 3.52. The summed E-state index contributed by atoms with van der Waals surface area (Å²) in [5.41, 5.74) is 0.598. The first kappa shape index (κ1) is 14.2. The Balaban J connectivity index is 1.64. The summed E-state index contributed by atoms with van der Waals surface area (Å²) in [7, 11) is 0. The first-order valence-electron chi connectivity index (χ1n) is 9.15. The highest BCUT2D eigenvalue weighted by atomic mass is 16.3. The van der Waals surface area contributed by atoms with Gasteiger partial charge in [-0.1, -0.05) is 13.8 Å². The van der Waals surface area contributed by atoms with E-state index >= 15 is 0 Å². The van der Waals surface area contributed by atoms with Crippen LogP contribution in [0.4, 0.5) is 0 Å². The lowest BCUT2D eigenvalue weighted by Gasteiger charge is -2.60. The molecule has 0 aromatic heterocycles. The van der Waals surface area contributed by atoms with Crippen LogP contribution in [-0.4, -0.2) is 17.0 Å². The number of carbonyl (C=O) groups excluding carboxylic acids is 1. The van der Waals surface area contributed by atoms with Gasteiger partial charge in [0.2, 0.25) is 0 Å². The van der Waals surface area contributed by atoms with E-state index in [-0.39, 0.29) is 11.5 Å². The quantitative estimate of drug-likeness (QED) is 0.733. The van der Waals surface area contributed by atoms with Crippen molar-refractivity contribution in [1.29, 1.82) is 0 Å². The molecule has 0 aromatic carbocycles. The van der Waals surface area contributed by atoms with Crippen LogP contribution in [0.5, 0.6) is 0 Å². The van der Waals surface area contributed by atoms with Gasteiger partial charge < -0.3 is 5.11 Å². The Morgan fingerprint density at radius 1 is 0.952 bits per heavy atom. The standard InChI is InChI=1S/C19H30O2/c1-18-9-7-13(20)11-12(18)3-4-14-15-5-6-17(21)19(15,2)10-8-16(14)18/h12,14-17,21H,3-11H2,1-2H3/t12-,14-,15-,16+,17-,18-,19+/m1/s1. The summed E-state index contributed by atoms with van der Waals surface area (Å²) in [6, 6.07) is 0. The summed E-state index contributed by atoms with van der Waals surface area (Å²) >= 11 is 0. The summed E-state index contributed by atoms with van der Waals surface area (Å²) in [4.78, 5) is 11.9. The SMILES string of the molecule is C[C@]12CC[C@H]3[C@H](CC[C@@H]4CC(=O)CC[C@]43C)[C@H]1CC[C@H]2O. The van der Waals surface area contributed by atoms with E-state index in [1.165, 1.54) is 32.1 Å². The van der Waals surface area contributed by atoms with Crippen molar-refractivity contribution >= 4 is 5.78 Å². The van der Waals surface area contributed by atoms with Gasteiger partial charge in [0.15, 0.2) is 0 Å².